The van der Waals surface area contributed by atoms with Gasteiger partial charge in [-0.2, -0.15) is 11.8 Å². The molecule has 2 nitrogen and oxygen atoms in total. The van der Waals surface area contributed by atoms with Crippen molar-refractivity contribution in [2.24, 2.45) is 0 Å². The number of benzene rings is 1. The van der Waals surface area contributed by atoms with Gasteiger partial charge in [0.05, 0.1) is 11.4 Å². The van der Waals surface area contributed by atoms with Gasteiger partial charge >= 0.3 is 0 Å². The third kappa shape index (κ3) is 3.30. The van der Waals surface area contributed by atoms with Gasteiger partial charge in [-0.1, -0.05) is 0 Å². The van der Waals surface area contributed by atoms with Crippen molar-refractivity contribution in [3.8, 4) is 0 Å². The minimum atomic E-state index is -0.257. The highest BCUT2D eigenvalue weighted by atomic mass is 32.2. The Morgan fingerprint density at radius 2 is 2.06 bits per heavy atom. The first kappa shape index (κ1) is 13.2. The van der Waals surface area contributed by atoms with Crippen LogP contribution in [0.5, 0.6) is 0 Å². The molecule has 0 aliphatic rings. The van der Waals surface area contributed by atoms with E-state index in [1.807, 2.05) is 0 Å². The van der Waals surface area contributed by atoms with E-state index in [-0.39, 0.29) is 10.6 Å². The predicted molar refractivity (Wildman–Crippen MR) is 71.6 cm³/mol. The molecule has 4 heteroatoms. The smallest absolute Gasteiger partial charge is 0.128 e. The summed E-state index contributed by atoms with van der Waals surface area (Å²) in [7, 11) is 0. The number of halogens is 1. The molecule has 0 amide bonds. The quantitative estimate of drug-likeness (QED) is 0.796. The van der Waals surface area contributed by atoms with Crippen molar-refractivity contribution in [2.75, 3.05) is 23.9 Å². The van der Waals surface area contributed by atoms with Gasteiger partial charge in [0.15, 0.2) is 0 Å². The summed E-state index contributed by atoms with van der Waals surface area (Å²) in [6, 6.07) is 3.12. The molecular formula is C12H19FN2S. The van der Waals surface area contributed by atoms with Crippen LogP contribution in [0.4, 0.5) is 15.8 Å². The summed E-state index contributed by atoms with van der Waals surface area (Å²) in [4.78, 5) is 0. The number of nitrogens with two attached hydrogens (primary N) is 1. The van der Waals surface area contributed by atoms with E-state index in [2.05, 4.69) is 25.4 Å². The highest BCUT2D eigenvalue weighted by Crippen LogP contribution is 2.26. The van der Waals surface area contributed by atoms with Crippen molar-refractivity contribution < 1.29 is 4.39 Å². The second kappa shape index (κ2) is 4.95. The lowest BCUT2D eigenvalue weighted by Gasteiger charge is -2.23. The molecule has 0 saturated heterocycles. The van der Waals surface area contributed by atoms with E-state index in [0.717, 1.165) is 12.2 Å². The lowest BCUT2D eigenvalue weighted by molar-refractivity contribution is 0.619. The van der Waals surface area contributed by atoms with Crippen LogP contribution in [0.3, 0.4) is 0 Å². The topological polar surface area (TPSA) is 38.0 Å². The Labute approximate surface area is 101 Å². The van der Waals surface area contributed by atoms with E-state index in [1.165, 1.54) is 6.07 Å². The molecule has 0 aliphatic carbocycles. The Morgan fingerprint density at radius 1 is 1.44 bits per heavy atom. The molecule has 0 atom stereocenters. The Kier molecular flexibility index (Phi) is 4.08. The molecule has 0 aromatic heterocycles. The first-order chi connectivity index (χ1) is 7.35. The van der Waals surface area contributed by atoms with Gasteiger partial charge in [0, 0.05) is 11.3 Å². The summed E-state index contributed by atoms with van der Waals surface area (Å²) in [6.45, 7) is 6.83. The van der Waals surface area contributed by atoms with Crippen molar-refractivity contribution in [1.82, 2.24) is 0 Å². The second-order valence-electron chi connectivity index (χ2n) is 4.51. The number of hydrogen-bond acceptors (Lipinski definition) is 3. The van der Waals surface area contributed by atoms with Crippen molar-refractivity contribution in [2.45, 2.75) is 25.5 Å². The molecule has 0 aliphatic heterocycles. The molecule has 1 aromatic rings. The zero-order valence-corrected chi connectivity index (χ0v) is 11.0. The van der Waals surface area contributed by atoms with Gasteiger partial charge in [-0.05, 0) is 44.7 Å². The lowest BCUT2D eigenvalue weighted by atomic mass is 10.1. The fraction of sp³-hybridized carbons (Fsp3) is 0.500. The van der Waals surface area contributed by atoms with Crippen LogP contribution in [0.15, 0.2) is 12.1 Å². The summed E-state index contributed by atoms with van der Waals surface area (Å²) in [6.07, 6.45) is 2.07. The molecule has 16 heavy (non-hydrogen) atoms. The zero-order chi connectivity index (χ0) is 12.3. The molecule has 0 fully saturated rings. The van der Waals surface area contributed by atoms with Crippen LogP contribution in [0.1, 0.15) is 19.4 Å². The number of nitrogens with one attached hydrogen (secondary N) is 1. The van der Waals surface area contributed by atoms with Gasteiger partial charge in [-0.25, -0.2) is 4.39 Å². The maximum atomic E-state index is 13.2. The van der Waals surface area contributed by atoms with Crippen LogP contribution in [0.2, 0.25) is 0 Å². The number of anilines is 2. The molecule has 3 N–H and O–H groups in total. The zero-order valence-electron chi connectivity index (χ0n) is 10.2. The highest BCUT2D eigenvalue weighted by molar-refractivity contribution is 7.99. The summed E-state index contributed by atoms with van der Waals surface area (Å²) in [5.41, 5.74) is 7.63. The molecule has 0 spiro atoms. The van der Waals surface area contributed by atoms with Crippen LogP contribution in [-0.2, 0) is 0 Å². The number of rotatable bonds is 4. The summed E-state index contributed by atoms with van der Waals surface area (Å²) in [5, 5.41) is 3.26. The van der Waals surface area contributed by atoms with Gasteiger partial charge in [0.2, 0.25) is 0 Å². The minimum absolute atomic E-state index is 0.134. The third-order valence-corrected chi connectivity index (χ3v) is 3.84. The van der Waals surface area contributed by atoms with Crippen LogP contribution < -0.4 is 11.1 Å². The maximum Gasteiger partial charge on any atom is 0.128 e. The fourth-order valence-electron chi connectivity index (χ4n) is 1.23. The molecule has 0 bridgehead atoms. The SMILES string of the molecule is CSC(C)(C)CNc1cc(C)c(F)cc1N. The maximum absolute atomic E-state index is 13.2. The van der Waals surface area contributed by atoms with Crippen LogP contribution in [0.25, 0.3) is 0 Å². The van der Waals surface area contributed by atoms with E-state index in [9.17, 15) is 4.39 Å². The van der Waals surface area contributed by atoms with Gasteiger partial charge in [-0.15, -0.1) is 0 Å². The largest absolute Gasteiger partial charge is 0.397 e. The molecule has 0 heterocycles. The second-order valence-corrected chi connectivity index (χ2v) is 6.02. The molecule has 90 valence electrons. The monoisotopic (exact) mass is 242 g/mol. The standard InChI is InChI=1S/C12H19FN2S/c1-8-5-11(10(14)6-9(8)13)15-7-12(2,3)16-4/h5-6,15H,7,14H2,1-4H3. The Bertz CT molecular complexity index is 378. The van der Waals surface area contributed by atoms with E-state index in [4.69, 9.17) is 5.73 Å². The Balaban J connectivity index is 2.79. The van der Waals surface area contributed by atoms with Crippen molar-refractivity contribution in [1.29, 1.82) is 0 Å². The predicted octanol–water partition coefficient (Wildman–Crippen LogP) is 3.27. The highest BCUT2D eigenvalue weighted by Gasteiger charge is 2.16. The summed E-state index contributed by atoms with van der Waals surface area (Å²) >= 11 is 1.78. The average Bonchev–Trinajstić information content (AvgIpc) is 2.22. The number of hydrogen-bond donors (Lipinski definition) is 2. The average molecular weight is 242 g/mol. The molecule has 1 rings (SSSR count). The van der Waals surface area contributed by atoms with Crippen LogP contribution in [0, 0.1) is 12.7 Å². The molecular weight excluding hydrogens is 223 g/mol. The number of aryl methyl sites for hydroxylation is 1. The third-order valence-electron chi connectivity index (χ3n) is 2.59. The van der Waals surface area contributed by atoms with Gasteiger partial charge in [0.1, 0.15) is 5.82 Å². The first-order valence-corrected chi connectivity index (χ1v) is 6.43. The van der Waals surface area contributed by atoms with Crippen LogP contribution in [-0.4, -0.2) is 17.5 Å². The Hall–Kier alpha value is -0.900. The van der Waals surface area contributed by atoms with Gasteiger partial charge in [0.25, 0.3) is 0 Å². The van der Waals surface area contributed by atoms with E-state index in [0.29, 0.717) is 11.3 Å². The molecule has 0 radical (unpaired) electrons. The van der Waals surface area contributed by atoms with Gasteiger partial charge in [-0.3, -0.25) is 0 Å². The summed E-state index contributed by atoms with van der Waals surface area (Å²) < 4.78 is 13.3. The number of thioether (sulfide) groups is 1. The van der Waals surface area contributed by atoms with Gasteiger partial charge < -0.3 is 11.1 Å². The van der Waals surface area contributed by atoms with E-state index >= 15 is 0 Å². The Morgan fingerprint density at radius 3 is 2.62 bits per heavy atom. The van der Waals surface area contributed by atoms with Crippen LogP contribution >= 0.6 is 11.8 Å². The fourth-order valence-corrected chi connectivity index (χ4v) is 1.45. The normalized spacial score (nSPS) is 11.6. The minimum Gasteiger partial charge on any atom is -0.397 e. The molecule has 0 unspecified atom stereocenters. The van der Waals surface area contributed by atoms with E-state index in [1.54, 1.807) is 24.8 Å². The number of nitrogen functional groups attached to an aromatic ring is 1. The summed E-state index contributed by atoms with van der Waals surface area (Å²) in [5.74, 6) is -0.257. The lowest BCUT2D eigenvalue weighted by Crippen LogP contribution is -2.26. The molecule has 0 saturated carbocycles. The van der Waals surface area contributed by atoms with Crippen molar-refractivity contribution in [3.63, 3.8) is 0 Å². The van der Waals surface area contributed by atoms with Crippen molar-refractivity contribution >= 4 is 23.1 Å². The molecule has 1 aromatic carbocycles. The van der Waals surface area contributed by atoms with E-state index < -0.39 is 0 Å². The van der Waals surface area contributed by atoms with Crippen molar-refractivity contribution in [3.05, 3.63) is 23.5 Å². The first-order valence-electron chi connectivity index (χ1n) is 5.20.